The molecule has 0 spiro atoms. The maximum absolute atomic E-state index is 13.7. The quantitative estimate of drug-likeness (QED) is 0.0339. The van der Waals surface area contributed by atoms with Gasteiger partial charge < -0.3 is 39.6 Å². The number of esters is 2. The Hall–Kier alpha value is -7.48. The van der Waals surface area contributed by atoms with Crippen LogP contribution in [0.1, 0.15) is 41.7 Å². The van der Waals surface area contributed by atoms with Crippen molar-refractivity contribution in [2.75, 3.05) is 57.5 Å². The van der Waals surface area contributed by atoms with Crippen molar-refractivity contribution in [2.24, 2.45) is 0 Å². The second-order valence-electron chi connectivity index (χ2n) is 15.4. The van der Waals surface area contributed by atoms with Crippen LogP contribution in [0, 0.1) is 27.7 Å². The Morgan fingerprint density at radius 1 is 0.672 bits per heavy atom. The number of allylic oxidation sites excluding steroid dienone is 7. The highest BCUT2D eigenvalue weighted by Gasteiger charge is 2.41. The average Bonchev–Trinajstić information content (AvgIpc) is 3.25. The number of nitrogens with one attached hydrogen (secondary N) is 2. The van der Waals surface area contributed by atoms with Crippen molar-refractivity contribution < 1.29 is 52.6 Å². The molecule has 0 saturated carbocycles. The van der Waals surface area contributed by atoms with Crippen LogP contribution in [0.4, 0.5) is 26.7 Å². The summed E-state index contributed by atoms with van der Waals surface area (Å²) >= 11 is 0. The lowest BCUT2D eigenvalue weighted by Gasteiger charge is -2.27. The molecule has 0 radical (unpaired) electrons. The molecule has 0 heterocycles. The van der Waals surface area contributed by atoms with Gasteiger partial charge in [-0.1, -0.05) is 54.6 Å². The van der Waals surface area contributed by atoms with Gasteiger partial charge in [0.2, 0.25) is 17.2 Å². The van der Waals surface area contributed by atoms with Crippen LogP contribution in [0.5, 0.6) is 0 Å². The standard InChI is InChI=1S/C50H54N4O10/c1-31(2)47(57)61-25-21-51-49(59)63-27-23-53(41-19-9-33(5)29-35(41)7)39-15-11-37(12-16-39)43-45(55)44(46(43)56)38-13-17-40(18-14-38)54(42-20-10-34(6)30-36(42)8)24-28-64-50(60)52-22-26-62-48(58)32(3)4/h9-20,29-30H,1,3,21-28H2,2,4-8H3,(H2-,51,52,55,56,59,60)/p+2. The Morgan fingerprint density at radius 3 is 1.75 bits per heavy atom. The third-order valence-electron chi connectivity index (χ3n) is 10.2. The Balaban J connectivity index is 1.28. The van der Waals surface area contributed by atoms with E-state index in [1.165, 1.54) is 0 Å². The highest BCUT2D eigenvalue weighted by Crippen LogP contribution is 2.40. The maximum Gasteiger partial charge on any atom is 0.407 e. The van der Waals surface area contributed by atoms with Crippen LogP contribution in [-0.4, -0.2) is 97.9 Å². The Kier molecular flexibility index (Phi) is 16.4. The van der Waals surface area contributed by atoms with Gasteiger partial charge in [0, 0.05) is 46.3 Å². The number of rotatable bonds is 18. The summed E-state index contributed by atoms with van der Waals surface area (Å²) in [7, 11) is 0. The number of ether oxygens (including phenoxy) is 4. The SMILES string of the molecule is C=C(C)C(=O)OCCNC(=O)OCCN(c1ccc(C2=C([OH2+])C(=C3C=CC(=[N+](CCOC(=O)NCCOC(=O)C(=C)C)c4ccc(C)cc4C)C=C3)C2=O)cc1)c1ccc(C)cc1C. The molecule has 0 bridgehead atoms. The summed E-state index contributed by atoms with van der Waals surface area (Å²) in [5, 5.41) is 14.1. The van der Waals surface area contributed by atoms with Gasteiger partial charge in [0.1, 0.15) is 31.0 Å². The first kappa shape index (κ1) is 47.6. The molecular formula is C50H56N4O10+2. The van der Waals surface area contributed by atoms with E-state index in [2.05, 4.69) is 35.9 Å². The van der Waals surface area contributed by atoms with Crippen molar-refractivity contribution in [1.29, 1.82) is 0 Å². The van der Waals surface area contributed by atoms with Crippen molar-refractivity contribution >= 4 is 58.3 Å². The van der Waals surface area contributed by atoms with E-state index in [1.54, 1.807) is 13.8 Å². The minimum atomic E-state index is -0.647. The molecule has 5 rings (SSSR count). The van der Waals surface area contributed by atoms with Crippen LogP contribution in [0.3, 0.4) is 0 Å². The number of aryl methyl sites for hydroxylation is 4. The fourth-order valence-electron chi connectivity index (χ4n) is 6.98. The highest BCUT2D eigenvalue weighted by molar-refractivity contribution is 6.39. The Bertz CT molecular complexity index is 2490. The molecular weight excluding hydrogens is 817 g/mol. The Labute approximate surface area is 373 Å². The fraction of sp³-hybridized carbons (Fsp3) is 0.280. The van der Waals surface area contributed by atoms with Gasteiger partial charge >= 0.3 is 24.1 Å². The van der Waals surface area contributed by atoms with Gasteiger partial charge in [-0.25, -0.2) is 19.2 Å². The minimum Gasteiger partial charge on any atom is -0.592 e. The number of hydrogen-bond acceptors (Lipinski definition) is 10. The fourth-order valence-corrected chi connectivity index (χ4v) is 6.98. The van der Waals surface area contributed by atoms with E-state index in [0.29, 0.717) is 35.4 Å². The molecule has 0 unspecified atom stereocenters. The van der Waals surface area contributed by atoms with Gasteiger partial charge in [0.05, 0.1) is 19.6 Å². The lowest BCUT2D eigenvalue weighted by atomic mass is 9.80. The number of benzene rings is 3. The van der Waals surface area contributed by atoms with Crippen molar-refractivity contribution in [2.45, 2.75) is 41.5 Å². The predicted molar refractivity (Wildman–Crippen MR) is 246 cm³/mol. The molecule has 0 saturated heterocycles. The molecule has 14 heteroatoms. The first-order valence-corrected chi connectivity index (χ1v) is 20.8. The number of anilines is 2. The zero-order valence-corrected chi connectivity index (χ0v) is 37.2. The van der Waals surface area contributed by atoms with Crippen LogP contribution < -0.4 is 15.5 Å². The predicted octanol–water partition coefficient (Wildman–Crippen LogP) is 6.98. The van der Waals surface area contributed by atoms with E-state index >= 15 is 0 Å². The molecule has 334 valence electrons. The smallest absolute Gasteiger partial charge is 0.407 e. The second-order valence-corrected chi connectivity index (χ2v) is 15.4. The topological polar surface area (TPSA) is 175 Å². The normalized spacial score (nSPS) is 12.9. The molecule has 4 N–H and O–H groups in total. The summed E-state index contributed by atoms with van der Waals surface area (Å²) in [5.74, 6) is -1.15. The number of amides is 2. The highest BCUT2D eigenvalue weighted by atomic mass is 16.6. The van der Waals surface area contributed by atoms with Gasteiger partial charge in [-0.3, -0.25) is 4.79 Å². The molecule has 2 amide bonds. The number of nitrogens with zero attached hydrogens (tertiary/aromatic N) is 2. The van der Waals surface area contributed by atoms with Crippen molar-refractivity contribution in [3.05, 3.63) is 154 Å². The number of carbonyl (C=O) groups excluding carboxylic acids is 5. The van der Waals surface area contributed by atoms with Gasteiger partial charge in [0.15, 0.2) is 13.2 Å². The summed E-state index contributed by atoms with van der Waals surface area (Å²) in [5.41, 5.74) is 10.1. The molecule has 0 atom stereocenters. The maximum atomic E-state index is 13.7. The summed E-state index contributed by atoms with van der Waals surface area (Å²) in [4.78, 5) is 63.7. The summed E-state index contributed by atoms with van der Waals surface area (Å²) < 4.78 is 22.9. The van der Waals surface area contributed by atoms with Gasteiger partial charge in [0.25, 0.3) is 5.76 Å². The third-order valence-corrected chi connectivity index (χ3v) is 10.2. The molecule has 64 heavy (non-hydrogen) atoms. The van der Waals surface area contributed by atoms with E-state index < -0.39 is 24.1 Å². The summed E-state index contributed by atoms with van der Waals surface area (Å²) in [6.07, 6.45) is 6.09. The van der Waals surface area contributed by atoms with Gasteiger partial charge in [-0.15, -0.1) is 0 Å². The van der Waals surface area contributed by atoms with E-state index in [9.17, 15) is 24.0 Å². The molecule has 14 nitrogen and oxygen atoms in total. The van der Waals surface area contributed by atoms with E-state index in [-0.39, 0.29) is 62.2 Å². The lowest BCUT2D eigenvalue weighted by Crippen LogP contribution is -2.31. The zero-order chi connectivity index (χ0) is 46.5. The largest absolute Gasteiger partial charge is 0.592 e. The number of alkyl carbamates (subject to hydrolysis) is 2. The number of ketones is 1. The van der Waals surface area contributed by atoms with Crippen molar-refractivity contribution in [3.63, 3.8) is 0 Å². The second kappa shape index (κ2) is 22.0. The molecule has 0 aromatic heterocycles. The monoisotopic (exact) mass is 872 g/mol. The molecule has 0 aliphatic heterocycles. The van der Waals surface area contributed by atoms with E-state index in [1.807, 2.05) is 110 Å². The first-order chi connectivity index (χ1) is 30.5. The van der Waals surface area contributed by atoms with Crippen LogP contribution in [0.2, 0.25) is 0 Å². The minimum absolute atomic E-state index is 0.0124. The Morgan fingerprint density at radius 2 is 1.22 bits per heavy atom. The van der Waals surface area contributed by atoms with Crippen LogP contribution in [0.25, 0.3) is 5.57 Å². The first-order valence-electron chi connectivity index (χ1n) is 20.8. The molecule has 0 fully saturated rings. The van der Waals surface area contributed by atoms with E-state index in [4.69, 9.17) is 24.1 Å². The van der Waals surface area contributed by atoms with E-state index in [0.717, 1.165) is 45.0 Å². The van der Waals surface area contributed by atoms with Crippen LogP contribution in [0.15, 0.2) is 126 Å². The van der Waals surface area contributed by atoms with Gasteiger partial charge in [-0.2, -0.15) is 4.58 Å². The number of hydrogen-bond donors (Lipinski definition) is 2. The van der Waals surface area contributed by atoms with Crippen molar-refractivity contribution in [3.8, 4) is 0 Å². The number of Topliss-reactive ketones (excluding diaryl/α,β-unsaturated/α-hetero) is 1. The van der Waals surface area contributed by atoms with Crippen LogP contribution in [-0.2, 0) is 33.3 Å². The summed E-state index contributed by atoms with van der Waals surface area (Å²) in [6, 6.07) is 19.5. The molecule has 3 aromatic rings. The third kappa shape index (κ3) is 12.3. The molecule has 3 aromatic carbocycles. The zero-order valence-electron chi connectivity index (χ0n) is 37.2. The number of carbonyl (C=O) groups is 5. The average molecular weight is 873 g/mol. The lowest BCUT2D eigenvalue weighted by molar-refractivity contribution is -0.442. The molecule has 2 aliphatic rings. The van der Waals surface area contributed by atoms with Crippen molar-refractivity contribution in [1.82, 2.24) is 10.6 Å². The van der Waals surface area contributed by atoms with Gasteiger partial charge in [-0.05, 0) is 94.7 Å². The summed E-state index contributed by atoms with van der Waals surface area (Å²) in [6.45, 7) is 19.1. The molecule has 2 aliphatic carbocycles. The van der Waals surface area contributed by atoms with Crippen LogP contribution >= 0.6 is 0 Å².